The van der Waals surface area contributed by atoms with Crippen molar-refractivity contribution in [3.63, 3.8) is 0 Å². The van der Waals surface area contributed by atoms with Crippen molar-refractivity contribution < 1.29 is 18.0 Å². The highest BCUT2D eigenvalue weighted by molar-refractivity contribution is 7.18. The van der Waals surface area contributed by atoms with Crippen molar-refractivity contribution in [1.82, 2.24) is 20.1 Å². The van der Waals surface area contributed by atoms with E-state index in [-0.39, 0.29) is 12.2 Å². The molecule has 2 heterocycles. The average Bonchev–Trinajstić information content (AvgIpc) is 3.16. The van der Waals surface area contributed by atoms with Crippen molar-refractivity contribution in [3.05, 3.63) is 86.8 Å². The molecular formula is C22H17F3N4O2S. The van der Waals surface area contributed by atoms with Gasteiger partial charge in [0.15, 0.2) is 5.69 Å². The van der Waals surface area contributed by atoms with Gasteiger partial charge in [0.05, 0.1) is 26.5 Å². The maximum absolute atomic E-state index is 13.1. The lowest BCUT2D eigenvalue weighted by Gasteiger charge is -2.13. The standard InChI is InChI=1S/C22H17F3N4O2S/c1-13-11-17(30)20(28-29(13)15-6-4-5-14(12-15)22(23,24)25)21(31)26-10-9-19-27-16-7-2-3-8-18(16)32-19/h2-8,11-12H,9-10H2,1H3,(H,26,31). The number of fused-ring (bicyclic) bond motifs is 1. The molecule has 0 bridgehead atoms. The van der Waals surface area contributed by atoms with Crippen LogP contribution < -0.4 is 10.7 Å². The van der Waals surface area contributed by atoms with Crippen LogP contribution in [0.2, 0.25) is 0 Å². The van der Waals surface area contributed by atoms with Crippen LogP contribution in [0.15, 0.2) is 59.4 Å². The Morgan fingerprint density at radius 2 is 1.91 bits per heavy atom. The summed E-state index contributed by atoms with van der Waals surface area (Å²) in [4.78, 5) is 29.4. The molecule has 0 aliphatic rings. The zero-order valence-electron chi connectivity index (χ0n) is 16.8. The van der Waals surface area contributed by atoms with E-state index in [1.807, 2.05) is 24.3 Å². The fourth-order valence-electron chi connectivity index (χ4n) is 3.17. The van der Waals surface area contributed by atoms with E-state index < -0.39 is 28.8 Å². The van der Waals surface area contributed by atoms with Gasteiger partial charge in [0, 0.05) is 24.7 Å². The molecule has 0 atom stereocenters. The molecule has 6 nitrogen and oxygen atoms in total. The first-order valence-electron chi connectivity index (χ1n) is 9.63. The molecule has 164 valence electrons. The number of para-hydroxylation sites is 1. The summed E-state index contributed by atoms with van der Waals surface area (Å²) in [7, 11) is 0. The van der Waals surface area contributed by atoms with Gasteiger partial charge in [-0.25, -0.2) is 9.67 Å². The number of nitrogens with zero attached hydrogens (tertiary/aromatic N) is 3. The van der Waals surface area contributed by atoms with Gasteiger partial charge in [0.1, 0.15) is 0 Å². The first-order valence-corrected chi connectivity index (χ1v) is 10.5. The topological polar surface area (TPSA) is 76.9 Å². The number of aromatic nitrogens is 3. The molecule has 0 fully saturated rings. The van der Waals surface area contributed by atoms with E-state index in [2.05, 4.69) is 15.4 Å². The van der Waals surface area contributed by atoms with Gasteiger partial charge < -0.3 is 5.32 Å². The summed E-state index contributed by atoms with van der Waals surface area (Å²) in [6.07, 6.45) is -4.05. The van der Waals surface area contributed by atoms with E-state index in [9.17, 15) is 22.8 Å². The molecule has 4 aromatic rings. The Hall–Kier alpha value is -3.53. The molecule has 2 aromatic heterocycles. The highest BCUT2D eigenvalue weighted by Crippen LogP contribution is 2.30. The summed E-state index contributed by atoms with van der Waals surface area (Å²) in [6.45, 7) is 1.76. The molecule has 0 spiro atoms. The predicted octanol–water partition coefficient (Wildman–Crippen LogP) is 4.14. The number of carbonyl (C=O) groups excluding carboxylic acids is 1. The number of carbonyl (C=O) groups is 1. The summed E-state index contributed by atoms with van der Waals surface area (Å²) < 4.78 is 41.4. The molecule has 32 heavy (non-hydrogen) atoms. The molecule has 10 heteroatoms. The summed E-state index contributed by atoms with van der Waals surface area (Å²) in [5.41, 5.74) is -0.568. The minimum atomic E-state index is -4.52. The van der Waals surface area contributed by atoms with Crippen LogP contribution in [0.25, 0.3) is 15.9 Å². The van der Waals surface area contributed by atoms with Crippen LogP contribution in [-0.2, 0) is 12.6 Å². The molecule has 0 saturated carbocycles. The van der Waals surface area contributed by atoms with Crippen molar-refractivity contribution in [2.24, 2.45) is 0 Å². The Bertz CT molecular complexity index is 1330. The van der Waals surface area contributed by atoms with Crippen molar-refractivity contribution in [2.75, 3.05) is 6.54 Å². The van der Waals surface area contributed by atoms with E-state index in [4.69, 9.17) is 0 Å². The quantitative estimate of drug-likeness (QED) is 0.488. The Morgan fingerprint density at radius 1 is 1.12 bits per heavy atom. The minimum Gasteiger partial charge on any atom is -0.350 e. The molecule has 1 N–H and O–H groups in total. The fraction of sp³-hybridized carbons (Fsp3) is 0.182. The van der Waals surface area contributed by atoms with Gasteiger partial charge in [0.25, 0.3) is 5.91 Å². The monoisotopic (exact) mass is 458 g/mol. The molecule has 2 aromatic carbocycles. The van der Waals surface area contributed by atoms with Gasteiger partial charge in [-0.1, -0.05) is 18.2 Å². The van der Waals surface area contributed by atoms with E-state index in [0.29, 0.717) is 12.1 Å². The number of aryl methyl sites for hydroxylation is 1. The number of hydrogen-bond acceptors (Lipinski definition) is 5. The van der Waals surface area contributed by atoms with Gasteiger partial charge in [-0.3, -0.25) is 9.59 Å². The Kier molecular flexibility index (Phi) is 5.79. The number of halogens is 3. The highest BCUT2D eigenvalue weighted by Gasteiger charge is 2.30. The number of hydrogen-bond donors (Lipinski definition) is 1. The first-order chi connectivity index (χ1) is 15.2. The van der Waals surface area contributed by atoms with Crippen LogP contribution in [-0.4, -0.2) is 27.2 Å². The minimum absolute atomic E-state index is 0.0980. The number of rotatable bonds is 5. The Balaban J connectivity index is 1.53. The van der Waals surface area contributed by atoms with Gasteiger partial charge in [0.2, 0.25) is 5.43 Å². The molecule has 0 aliphatic heterocycles. The second-order valence-electron chi connectivity index (χ2n) is 7.04. The van der Waals surface area contributed by atoms with Gasteiger partial charge in [-0.15, -0.1) is 11.3 Å². The van der Waals surface area contributed by atoms with Crippen LogP contribution in [0.4, 0.5) is 13.2 Å². The van der Waals surface area contributed by atoms with Crippen LogP contribution in [0.3, 0.4) is 0 Å². The summed E-state index contributed by atoms with van der Waals surface area (Å²) >= 11 is 1.52. The summed E-state index contributed by atoms with van der Waals surface area (Å²) in [5, 5.41) is 7.51. The third-order valence-electron chi connectivity index (χ3n) is 4.70. The normalized spacial score (nSPS) is 11.6. The predicted molar refractivity (Wildman–Crippen MR) is 115 cm³/mol. The largest absolute Gasteiger partial charge is 0.416 e. The van der Waals surface area contributed by atoms with Crippen LogP contribution in [0, 0.1) is 6.92 Å². The van der Waals surface area contributed by atoms with Gasteiger partial charge >= 0.3 is 6.18 Å². The highest BCUT2D eigenvalue weighted by atomic mass is 32.1. The van der Waals surface area contributed by atoms with E-state index in [1.165, 1.54) is 36.5 Å². The van der Waals surface area contributed by atoms with Crippen molar-refractivity contribution in [2.45, 2.75) is 19.5 Å². The molecule has 4 rings (SSSR count). The summed E-state index contributed by atoms with van der Waals surface area (Å²) in [6, 6.07) is 13.4. The van der Waals surface area contributed by atoms with E-state index in [1.54, 1.807) is 0 Å². The zero-order chi connectivity index (χ0) is 22.9. The van der Waals surface area contributed by atoms with Crippen molar-refractivity contribution in [1.29, 1.82) is 0 Å². The average molecular weight is 458 g/mol. The smallest absolute Gasteiger partial charge is 0.350 e. The fourth-order valence-corrected chi connectivity index (χ4v) is 4.14. The van der Waals surface area contributed by atoms with Crippen LogP contribution in [0.1, 0.15) is 26.8 Å². The number of amides is 1. The van der Waals surface area contributed by atoms with E-state index in [0.717, 1.165) is 32.0 Å². The molecular weight excluding hydrogens is 441 g/mol. The lowest BCUT2D eigenvalue weighted by Crippen LogP contribution is -2.33. The SMILES string of the molecule is Cc1cc(=O)c(C(=O)NCCc2nc3ccccc3s2)nn1-c1cccc(C(F)(F)F)c1. The Morgan fingerprint density at radius 3 is 2.66 bits per heavy atom. The maximum Gasteiger partial charge on any atom is 0.416 e. The molecule has 0 saturated heterocycles. The number of nitrogens with one attached hydrogen (secondary N) is 1. The van der Waals surface area contributed by atoms with Crippen LogP contribution >= 0.6 is 11.3 Å². The van der Waals surface area contributed by atoms with Gasteiger partial charge in [-0.2, -0.15) is 18.3 Å². The van der Waals surface area contributed by atoms with Gasteiger partial charge in [-0.05, 0) is 37.3 Å². The third kappa shape index (κ3) is 4.54. The second-order valence-corrected chi connectivity index (χ2v) is 8.15. The number of thiazole rings is 1. The molecule has 0 unspecified atom stereocenters. The lowest BCUT2D eigenvalue weighted by atomic mass is 10.2. The first kappa shape index (κ1) is 21.7. The third-order valence-corrected chi connectivity index (χ3v) is 5.80. The van der Waals surface area contributed by atoms with Crippen LogP contribution in [0.5, 0.6) is 0 Å². The number of benzene rings is 2. The second kappa shape index (κ2) is 8.54. The van der Waals surface area contributed by atoms with Crippen molar-refractivity contribution >= 4 is 27.5 Å². The van der Waals surface area contributed by atoms with E-state index >= 15 is 0 Å². The summed E-state index contributed by atoms with van der Waals surface area (Å²) in [5.74, 6) is -0.697. The Labute approximate surface area is 184 Å². The maximum atomic E-state index is 13.1. The zero-order valence-corrected chi connectivity index (χ0v) is 17.6. The lowest BCUT2D eigenvalue weighted by molar-refractivity contribution is -0.137. The molecule has 1 amide bonds. The molecule has 0 radical (unpaired) electrons. The number of alkyl halides is 3. The molecule has 0 aliphatic carbocycles. The van der Waals surface area contributed by atoms with Crippen molar-refractivity contribution in [3.8, 4) is 5.69 Å².